The van der Waals surface area contributed by atoms with Gasteiger partial charge in [-0.25, -0.2) is 4.79 Å². The Morgan fingerprint density at radius 2 is 1.08 bits per heavy atom. The number of carboxylic acids is 1. The van der Waals surface area contributed by atoms with E-state index in [0.29, 0.717) is 5.56 Å². The summed E-state index contributed by atoms with van der Waals surface area (Å²) in [5, 5.41) is 21.5. The molecule has 5 aromatic carbocycles. The summed E-state index contributed by atoms with van der Waals surface area (Å²) in [6, 6.07) is 38.6. The van der Waals surface area contributed by atoms with E-state index in [9.17, 15) is 15.2 Å². The molecule has 0 fully saturated rings. The summed E-state index contributed by atoms with van der Waals surface area (Å²) in [7, 11) is 0. The minimum absolute atomic E-state index is 0.0372. The number of nitriles is 1. The second kappa shape index (κ2) is 19.1. The highest BCUT2D eigenvalue weighted by Gasteiger charge is 2.43. The minimum Gasteiger partial charge on any atom is -0.477 e. The van der Waals surface area contributed by atoms with Crippen LogP contribution in [0.15, 0.2) is 103 Å². The van der Waals surface area contributed by atoms with Crippen LogP contribution in [0.2, 0.25) is 0 Å². The smallest absolute Gasteiger partial charge is 0.346 e. The molecule has 1 aromatic heterocycles. The predicted molar refractivity (Wildman–Crippen MR) is 267 cm³/mol. The lowest BCUT2D eigenvalue weighted by Crippen LogP contribution is -2.26. The van der Waals surface area contributed by atoms with Crippen molar-refractivity contribution in [3.05, 3.63) is 130 Å². The summed E-state index contributed by atoms with van der Waals surface area (Å²) in [6.45, 7) is 18.5. The third kappa shape index (κ3) is 9.60. The van der Waals surface area contributed by atoms with Gasteiger partial charge in [-0.1, -0.05) is 187 Å². The largest absolute Gasteiger partial charge is 0.477 e. The predicted octanol–water partition coefficient (Wildman–Crippen LogP) is 16.8. The van der Waals surface area contributed by atoms with Gasteiger partial charge in [-0.3, -0.25) is 0 Å². The number of hydrogen-bond acceptors (Lipinski definition) is 2. The normalized spacial score (nSPS) is 13.7. The van der Waals surface area contributed by atoms with E-state index in [1.165, 1.54) is 144 Å². The minimum atomic E-state index is -1.21. The number of hydrogen-bond donors (Lipinski definition) is 1. The maximum Gasteiger partial charge on any atom is 0.346 e. The molecule has 4 heteroatoms. The number of aromatic nitrogens is 1. The lowest BCUT2D eigenvalue weighted by Gasteiger charge is -2.33. The van der Waals surface area contributed by atoms with Crippen LogP contribution in [0.5, 0.6) is 0 Å². The van der Waals surface area contributed by atoms with Crippen LogP contribution in [0.25, 0.3) is 55.8 Å². The zero-order chi connectivity index (χ0) is 44.9. The SMILES string of the molecule is CCCCCCCCC1(CCCCCCCC)c2cc(-c3ccc(/C=C(/C#N)C(=O)O)cc3)ccc2-c2ccc(-n3c4ccc(C(C)(C)C)cc4c4cc(C(C)(C)C)ccc43)cc21. The molecule has 1 N–H and O–H groups in total. The molecule has 0 unspecified atom stereocenters. The highest BCUT2D eigenvalue weighted by Crippen LogP contribution is 2.56. The Kier molecular flexibility index (Phi) is 13.9. The van der Waals surface area contributed by atoms with Crippen LogP contribution in [0, 0.1) is 11.3 Å². The molecule has 0 bridgehead atoms. The first-order chi connectivity index (χ1) is 30.2. The van der Waals surface area contributed by atoms with Gasteiger partial charge in [0.05, 0.1) is 11.0 Å². The molecule has 0 aliphatic heterocycles. The monoisotopic (exact) mass is 839 g/mol. The molecule has 0 amide bonds. The van der Waals surface area contributed by atoms with E-state index >= 15 is 0 Å². The van der Waals surface area contributed by atoms with E-state index in [1.807, 2.05) is 18.2 Å². The van der Waals surface area contributed by atoms with E-state index in [2.05, 4.69) is 145 Å². The molecular weight excluding hydrogens is 769 g/mol. The summed E-state index contributed by atoms with van der Waals surface area (Å²) in [5.74, 6) is -1.21. The lowest BCUT2D eigenvalue weighted by molar-refractivity contribution is -0.132. The second-order valence-electron chi connectivity index (χ2n) is 20.5. The molecule has 0 saturated heterocycles. The van der Waals surface area contributed by atoms with Gasteiger partial charge in [0.1, 0.15) is 11.6 Å². The maximum atomic E-state index is 11.6. The molecule has 0 atom stereocenters. The number of unbranched alkanes of at least 4 members (excludes halogenated alkanes) is 10. The topological polar surface area (TPSA) is 66.0 Å². The molecule has 328 valence electrons. The average molecular weight is 839 g/mol. The number of carbonyl (C=O) groups is 1. The fourth-order valence-electron chi connectivity index (χ4n) is 10.2. The highest BCUT2D eigenvalue weighted by atomic mass is 16.4. The third-order valence-electron chi connectivity index (χ3n) is 13.9. The molecule has 0 spiro atoms. The van der Waals surface area contributed by atoms with Gasteiger partial charge in [-0.2, -0.15) is 5.26 Å². The molecule has 1 heterocycles. The van der Waals surface area contributed by atoms with Gasteiger partial charge in [0.25, 0.3) is 0 Å². The number of carboxylic acid groups (broad SMARTS) is 1. The number of aliphatic carboxylic acids is 1. The molecule has 1 aliphatic carbocycles. The first kappa shape index (κ1) is 45.6. The van der Waals surface area contributed by atoms with Crippen molar-refractivity contribution >= 4 is 33.9 Å². The van der Waals surface area contributed by atoms with Gasteiger partial charge < -0.3 is 9.67 Å². The van der Waals surface area contributed by atoms with Gasteiger partial charge in [-0.05, 0) is 122 Å². The third-order valence-corrected chi connectivity index (χ3v) is 13.9. The summed E-state index contributed by atoms with van der Waals surface area (Å²) in [5.41, 5.74) is 14.7. The first-order valence-electron chi connectivity index (χ1n) is 24.0. The first-order valence-corrected chi connectivity index (χ1v) is 24.0. The Balaban J connectivity index is 1.40. The fraction of sp³-hybridized carbons (Fsp3) is 0.424. The van der Waals surface area contributed by atoms with Crippen LogP contribution in [0.1, 0.15) is 173 Å². The fourth-order valence-corrected chi connectivity index (χ4v) is 10.2. The van der Waals surface area contributed by atoms with Crippen molar-refractivity contribution in [3.63, 3.8) is 0 Å². The van der Waals surface area contributed by atoms with Crippen LogP contribution < -0.4 is 0 Å². The molecule has 63 heavy (non-hydrogen) atoms. The van der Waals surface area contributed by atoms with Crippen molar-refractivity contribution in [2.24, 2.45) is 0 Å². The van der Waals surface area contributed by atoms with Crippen molar-refractivity contribution < 1.29 is 9.90 Å². The standard InChI is InChI=1S/C59H70N2O2/c1-9-11-13-15-17-19-33-59(34-20-18-16-14-12-10-2)52-36-43(42-23-21-41(22-24-42)35-44(40-60)56(62)63)25-29-48(52)49-30-28-47(39-53(49)59)61-54-31-26-45(57(3,4)5)37-50(54)51-38-46(58(6,7)8)27-32-55(51)61/h21-32,35-39H,9-20,33-34H2,1-8H3,(H,62,63)/b44-35-. The molecular formula is C59H70N2O2. The van der Waals surface area contributed by atoms with E-state index < -0.39 is 5.97 Å². The van der Waals surface area contributed by atoms with Gasteiger partial charge in [0.2, 0.25) is 0 Å². The number of benzene rings is 5. The van der Waals surface area contributed by atoms with E-state index in [1.54, 1.807) is 0 Å². The van der Waals surface area contributed by atoms with Crippen molar-refractivity contribution in [1.29, 1.82) is 5.26 Å². The van der Waals surface area contributed by atoms with E-state index in [4.69, 9.17) is 0 Å². The Hall–Kier alpha value is -5.40. The van der Waals surface area contributed by atoms with E-state index in [0.717, 1.165) is 24.0 Å². The highest BCUT2D eigenvalue weighted by molar-refractivity contribution is 6.10. The Bertz CT molecular complexity index is 2560. The summed E-state index contributed by atoms with van der Waals surface area (Å²) >= 11 is 0. The van der Waals surface area contributed by atoms with Gasteiger partial charge in [0.15, 0.2) is 0 Å². The average Bonchev–Trinajstić information content (AvgIpc) is 3.73. The number of rotatable bonds is 18. The van der Waals surface area contributed by atoms with Gasteiger partial charge in [-0.15, -0.1) is 0 Å². The van der Waals surface area contributed by atoms with Crippen LogP contribution >= 0.6 is 0 Å². The van der Waals surface area contributed by atoms with Gasteiger partial charge >= 0.3 is 5.97 Å². The Morgan fingerprint density at radius 1 is 0.603 bits per heavy atom. The molecule has 7 rings (SSSR count). The van der Waals surface area contributed by atoms with Crippen molar-refractivity contribution in [2.45, 2.75) is 162 Å². The van der Waals surface area contributed by atoms with Crippen LogP contribution in [0.3, 0.4) is 0 Å². The Labute approximate surface area is 378 Å². The molecule has 0 saturated carbocycles. The van der Waals surface area contributed by atoms with E-state index in [-0.39, 0.29) is 21.8 Å². The summed E-state index contributed by atoms with van der Waals surface area (Å²) in [4.78, 5) is 11.6. The van der Waals surface area contributed by atoms with Crippen molar-refractivity contribution in [2.75, 3.05) is 0 Å². The lowest BCUT2D eigenvalue weighted by atomic mass is 9.70. The Morgan fingerprint density at radius 3 is 1.57 bits per heavy atom. The quantitative estimate of drug-likeness (QED) is 0.0533. The van der Waals surface area contributed by atoms with Crippen LogP contribution in [-0.2, 0) is 21.0 Å². The number of fused-ring (bicyclic) bond motifs is 6. The zero-order valence-electron chi connectivity index (χ0n) is 39.5. The molecule has 4 nitrogen and oxygen atoms in total. The molecule has 1 aliphatic rings. The van der Waals surface area contributed by atoms with Crippen LogP contribution in [-0.4, -0.2) is 15.6 Å². The van der Waals surface area contributed by atoms with Crippen LogP contribution in [0.4, 0.5) is 0 Å². The summed E-state index contributed by atoms with van der Waals surface area (Å²) < 4.78 is 2.54. The molecule has 0 radical (unpaired) electrons. The van der Waals surface area contributed by atoms with Crippen molar-refractivity contribution in [1.82, 2.24) is 4.57 Å². The summed E-state index contributed by atoms with van der Waals surface area (Å²) in [6.07, 6.45) is 18.8. The maximum absolute atomic E-state index is 11.6. The zero-order valence-corrected chi connectivity index (χ0v) is 39.5. The molecule has 6 aromatic rings. The van der Waals surface area contributed by atoms with Gasteiger partial charge in [0, 0.05) is 21.9 Å². The number of nitrogens with zero attached hydrogens (tertiary/aromatic N) is 2. The van der Waals surface area contributed by atoms with Crippen molar-refractivity contribution in [3.8, 4) is 34.0 Å². The second-order valence-corrected chi connectivity index (χ2v) is 20.5.